The fourth-order valence-corrected chi connectivity index (χ4v) is 4.41. The van der Waals surface area contributed by atoms with Gasteiger partial charge in [-0.3, -0.25) is 19.3 Å². The summed E-state index contributed by atoms with van der Waals surface area (Å²) in [6.07, 6.45) is -2.16. The van der Waals surface area contributed by atoms with E-state index in [0.29, 0.717) is 31.0 Å². The summed E-state index contributed by atoms with van der Waals surface area (Å²) in [6, 6.07) is 0.456. The smallest absolute Gasteiger partial charge is 0.331 e. The minimum atomic E-state index is -4.64. The van der Waals surface area contributed by atoms with Crippen LogP contribution < -0.4 is 5.32 Å². The van der Waals surface area contributed by atoms with Crippen LogP contribution in [0.3, 0.4) is 0 Å². The summed E-state index contributed by atoms with van der Waals surface area (Å²) in [7, 11) is 3.59. The summed E-state index contributed by atoms with van der Waals surface area (Å²) in [6.45, 7) is 9.88. The first-order valence-electron chi connectivity index (χ1n) is 9.94. The van der Waals surface area contributed by atoms with Crippen LogP contribution in [0.25, 0.3) is 4.85 Å². The van der Waals surface area contributed by atoms with Crippen LogP contribution in [-0.4, -0.2) is 91.6 Å². The molecule has 3 aliphatic rings. The van der Waals surface area contributed by atoms with E-state index in [0.717, 1.165) is 38.8 Å². The number of urea groups is 1. The number of carbonyl (C=O) groups excluding carboxylic acids is 3. The lowest BCUT2D eigenvalue weighted by Gasteiger charge is -2.23. The molecule has 3 rings (SSSR count). The summed E-state index contributed by atoms with van der Waals surface area (Å²) >= 11 is 0. The predicted octanol–water partition coefficient (Wildman–Crippen LogP) is 1.58. The highest BCUT2D eigenvalue weighted by atomic mass is 19.4. The largest absolute Gasteiger partial charge is 0.446 e. The van der Waals surface area contributed by atoms with Gasteiger partial charge >= 0.3 is 18.4 Å². The van der Waals surface area contributed by atoms with Crippen molar-refractivity contribution in [2.24, 2.45) is 11.8 Å². The molecule has 2 aliphatic heterocycles. The Kier molecular flexibility index (Phi) is 8.06. The molecule has 1 aliphatic carbocycles. The van der Waals surface area contributed by atoms with E-state index in [1.54, 1.807) is 23.9 Å². The summed E-state index contributed by atoms with van der Waals surface area (Å²) in [5.41, 5.74) is 0. The van der Waals surface area contributed by atoms with Crippen molar-refractivity contribution in [3.8, 4) is 0 Å². The highest BCUT2D eigenvalue weighted by Gasteiger charge is 2.43. The first-order chi connectivity index (χ1) is 14.1. The van der Waals surface area contributed by atoms with Crippen molar-refractivity contribution in [3.05, 3.63) is 11.4 Å². The average Bonchev–Trinajstić information content (AvgIpc) is 3.39. The van der Waals surface area contributed by atoms with E-state index in [2.05, 4.69) is 10.2 Å². The molecular weight excluding hydrogens is 403 g/mol. The molecule has 3 amide bonds. The minimum Gasteiger partial charge on any atom is -0.331 e. The fraction of sp³-hybridized carbons (Fsp3) is 0.789. The number of nitrogens with zero attached hydrogens (tertiary/aromatic N) is 4. The average molecular weight is 431 g/mol. The second-order valence-electron chi connectivity index (χ2n) is 8.15. The van der Waals surface area contributed by atoms with Crippen molar-refractivity contribution in [1.82, 2.24) is 20.0 Å². The SMILES string of the molecule is O=CC(F)(F)F.[C-]#[N+][C@@H]1CCCN1C(=O)CNC1C[C@@H]2CN(C(=O)N(C)C)C[C@@H]2C1. The molecule has 8 nitrogen and oxygen atoms in total. The van der Waals surface area contributed by atoms with Crippen LogP contribution in [0.2, 0.25) is 0 Å². The van der Waals surface area contributed by atoms with Gasteiger partial charge < -0.3 is 15.1 Å². The Balaban J connectivity index is 0.000000469. The van der Waals surface area contributed by atoms with Gasteiger partial charge in [0.1, 0.15) is 0 Å². The molecule has 2 saturated heterocycles. The number of amides is 3. The number of halogens is 3. The standard InChI is InChI=1S/C17H27N5O2.C2HF3O/c1-18-15-5-4-6-22(15)16(23)9-19-14-7-12-10-21(11-13(12)8-14)17(24)20(2)3;3-2(4,5)1-6/h12-15,19H,4-11H2,2-3H3;1H/t12-,13+,14?,15-;/m0./s1. The van der Waals surface area contributed by atoms with Gasteiger partial charge in [0, 0.05) is 46.2 Å². The van der Waals surface area contributed by atoms with Gasteiger partial charge in [-0.2, -0.15) is 13.2 Å². The quantitative estimate of drug-likeness (QED) is 0.544. The van der Waals surface area contributed by atoms with Crippen LogP contribution >= 0.6 is 0 Å². The maximum atomic E-state index is 12.3. The Morgan fingerprint density at radius 1 is 1.23 bits per heavy atom. The molecule has 0 aromatic heterocycles. The zero-order valence-corrected chi connectivity index (χ0v) is 17.2. The molecule has 0 radical (unpaired) electrons. The first kappa shape index (κ1) is 23.9. The fourth-order valence-electron chi connectivity index (χ4n) is 4.41. The minimum absolute atomic E-state index is 0.0509. The van der Waals surface area contributed by atoms with Crippen LogP contribution in [0.15, 0.2) is 0 Å². The van der Waals surface area contributed by atoms with E-state index in [-0.39, 0.29) is 18.1 Å². The van der Waals surface area contributed by atoms with Gasteiger partial charge in [0.15, 0.2) is 0 Å². The molecule has 0 bridgehead atoms. The molecule has 4 atom stereocenters. The van der Waals surface area contributed by atoms with Gasteiger partial charge in [-0.05, 0) is 31.1 Å². The monoisotopic (exact) mass is 431 g/mol. The Morgan fingerprint density at radius 2 is 1.80 bits per heavy atom. The van der Waals surface area contributed by atoms with Crippen molar-refractivity contribution in [2.75, 3.05) is 40.3 Å². The molecule has 1 N–H and O–H groups in total. The van der Waals surface area contributed by atoms with Crippen LogP contribution in [0.1, 0.15) is 25.7 Å². The Morgan fingerprint density at radius 3 is 2.27 bits per heavy atom. The summed E-state index contributed by atoms with van der Waals surface area (Å²) < 4.78 is 31.2. The molecule has 11 heteroatoms. The lowest BCUT2D eigenvalue weighted by Crippen LogP contribution is -2.43. The molecule has 2 heterocycles. The van der Waals surface area contributed by atoms with E-state index in [1.807, 2.05) is 4.90 Å². The summed E-state index contributed by atoms with van der Waals surface area (Å²) in [5, 5.41) is 3.39. The van der Waals surface area contributed by atoms with Crippen molar-refractivity contribution in [1.29, 1.82) is 0 Å². The maximum Gasteiger partial charge on any atom is 0.446 e. The molecule has 3 fully saturated rings. The number of aldehydes is 1. The molecule has 0 aromatic rings. The number of fused-ring (bicyclic) bond motifs is 1. The topological polar surface area (TPSA) is 77.3 Å². The Bertz CT molecular complexity index is 665. The van der Waals surface area contributed by atoms with Crippen LogP contribution in [0.5, 0.6) is 0 Å². The molecule has 1 saturated carbocycles. The van der Waals surface area contributed by atoms with E-state index >= 15 is 0 Å². The number of likely N-dealkylation sites (tertiary alicyclic amines) is 2. The lowest BCUT2D eigenvalue weighted by atomic mass is 10.0. The lowest BCUT2D eigenvalue weighted by molar-refractivity contribution is -0.156. The van der Waals surface area contributed by atoms with Crippen LogP contribution in [-0.2, 0) is 9.59 Å². The Labute approximate surface area is 174 Å². The van der Waals surface area contributed by atoms with Gasteiger partial charge in [-0.1, -0.05) is 0 Å². The van der Waals surface area contributed by atoms with E-state index in [4.69, 9.17) is 11.4 Å². The van der Waals surface area contributed by atoms with Crippen molar-refractivity contribution in [3.63, 3.8) is 0 Å². The summed E-state index contributed by atoms with van der Waals surface area (Å²) in [4.78, 5) is 41.9. The summed E-state index contributed by atoms with van der Waals surface area (Å²) in [5.74, 6) is 1.14. The molecule has 30 heavy (non-hydrogen) atoms. The Hall–Kier alpha value is -2.35. The van der Waals surface area contributed by atoms with Gasteiger partial charge in [0.25, 0.3) is 0 Å². The van der Waals surface area contributed by atoms with E-state index in [1.165, 1.54) is 0 Å². The van der Waals surface area contributed by atoms with E-state index < -0.39 is 12.5 Å². The van der Waals surface area contributed by atoms with Crippen molar-refractivity contribution in [2.45, 2.75) is 44.1 Å². The number of hydrogen-bond donors (Lipinski definition) is 1. The van der Waals surface area contributed by atoms with Gasteiger partial charge in [0.2, 0.25) is 12.2 Å². The third kappa shape index (κ3) is 6.32. The van der Waals surface area contributed by atoms with Crippen molar-refractivity contribution < 1.29 is 27.6 Å². The highest BCUT2D eigenvalue weighted by Crippen LogP contribution is 2.38. The van der Waals surface area contributed by atoms with Gasteiger partial charge in [-0.15, -0.1) is 0 Å². The normalized spacial score (nSPS) is 27.7. The van der Waals surface area contributed by atoms with Crippen LogP contribution in [0, 0.1) is 18.4 Å². The predicted molar refractivity (Wildman–Crippen MR) is 102 cm³/mol. The third-order valence-electron chi connectivity index (χ3n) is 5.77. The van der Waals surface area contributed by atoms with Gasteiger partial charge in [-0.25, -0.2) is 11.4 Å². The number of nitrogens with one attached hydrogen (secondary N) is 1. The molecule has 0 spiro atoms. The second kappa shape index (κ2) is 10.1. The second-order valence-corrected chi connectivity index (χ2v) is 8.15. The number of carbonyl (C=O) groups is 3. The first-order valence-corrected chi connectivity index (χ1v) is 9.94. The third-order valence-corrected chi connectivity index (χ3v) is 5.77. The molecule has 168 valence electrons. The number of hydrogen-bond acceptors (Lipinski definition) is 4. The van der Waals surface area contributed by atoms with Gasteiger partial charge in [0.05, 0.1) is 6.54 Å². The molecular formula is C19H28F3N5O3. The number of rotatable bonds is 3. The van der Waals surface area contributed by atoms with Crippen molar-refractivity contribution >= 4 is 18.2 Å². The highest BCUT2D eigenvalue weighted by molar-refractivity contribution is 5.79. The van der Waals surface area contributed by atoms with E-state index in [9.17, 15) is 22.8 Å². The molecule has 0 aromatic carbocycles. The van der Waals surface area contributed by atoms with Crippen LogP contribution in [0.4, 0.5) is 18.0 Å². The number of alkyl halides is 3. The molecule has 1 unspecified atom stereocenters. The zero-order valence-electron chi connectivity index (χ0n) is 17.2. The zero-order chi connectivity index (χ0) is 22.5. The maximum absolute atomic E-state index is 12.3.